The zero-order valence-electron chi connectivity index (χ0n) is 11.6. The third-order valence-electron chi connectivity index (χ3n) is 3.09. The maximum atomic E-state index is 12.9. The van der Waals surface area contributed by atoms with Gasteiger partial charge in [-0.05, 0) is 38.1 Å². The Labute approximate surface area is 120 Å². The van der Waals surface area contributed by atoms with Gasteiger partial charge < -0.3 is 4.74 Å². The first kappa shape index (κ1) is 14.7. The van der Waals surface area contributed by atoms with Crippen molar-refractivity contribution in [3.63, 3.8) is 0 Å². The molecule has 0 aliphatic heterocycles. The number of aryl methyl sites for hydroxylation is 1. The molecule has 0 saturated heterocycles. The number of halogens is 1. The molecular weight excluding hydrogens is 277 g/mol. The van der Waals surface area contributed by atoms with Gasteiger partial charge in [0.25, 0.3) is 0 Å². The lowest BCUT2D eigenvalue weighted by atomic mass is 10.1. The first-order valence-electron chi connectivity index (χ1n) is 6.16. The molecule has 1 unspecified atom stereocenters. The highest BCUT2D eigenvalue weighted by molar-refractivity contribution is 7.84. The van der Waals surface area contributed by atoms with Crippen molar-refractivity contribution in [2.45, 2.75) is 24.5 Å². The number of rotatable bonds is 4. The lowest BCUT2D eigenvalue weighted by molar-refractivity contribution is 0.407. The van der Waals surface area contributed by atoms with Crippen LogP contribution in [-0.4, -0.2) is 16.3 Å². The number of aromatic nitrogens is 1. The maximum Gasteiger partial charge on any atom is 0.128 e. The van der Waals surface area contributed by atoms with E-state index in [9.17, 15) is 8.60 Å². The third-order valence-corrected chi connectivity index (χ3v) is 4.43. The van der Waals surface area contributed by atoms with Crippen LogP contribution in [0.15, 0.2) is 35.4 Å². The van der Waals surface area contributed by atoms with Crippen LogP contribution in [0, 0.1) is 19.7 Å². The van der Waals surface area contributed by atoms with Crippen LogP contribution in [0.2, 0.25) is 0 Å². The summed E-state index contributed by atoms with van der Waals surface area (Å²) in [6, 6.07) is 5.69. The summed E-state index contributed by atoms with van der Waals surface area (Å²) in [6.45, 7) is 3.82. The zero-order valence-corrected chi connectivity index (χ0v) is 12.5. The fourth-order valence-electron chi connectivity index (χ4n) is 2.01. The van der Waals surface area contributed by atoms with Gasteiger partial charge in [0.1, 0.15) is 11.6 Å². The molecule has 0 fully saturated rings. The van der Waals surface area contributed by atoms with Crippen molar-refractivity contribution >= 4 is 10.8 Å². The summed E-state index contributed by atoms with van der Waals surface area (Å²) in [4.78, 5) is 4.91. The Balaban J connectivity index is 2.26. The molecule has 1 aromatic heterocycles. The Morgan fingerprint density at radius 3 is 2.50 bits per heavy atom. The second-order valence-electron chi connectivity index (χ2n) is 4.49. The predicted molar refractivity (Wildman–Crippen MR) is 76.8 cm³/mol. The normalized spacial score (nSPS) is 12.2. The molecule has 1 heterocycles. The van der Waals surface area contributed by atoms with Crippen LogP contribution < -0.4 is 4.74 Å². The smallest absolute Gasteiger partial charge is 0.128 e. The van der Waals surface area contributed by atoms with Crippen molar-refractivity contribution < 1.29 is 13.3 Å². The summed E-state index contributed by atoms with van der Waals surface area (Å²) >= 11 is 0. The van der Waals surface area contributed by atoms with Gasteiger partial charge in [0.2, 0.25) is 0 Å². The van der Waals surface area contributed by atoms with Gasteiger partial charge in [-0.2, -0.15) is 0 Å². The lowest BCUT2D eigenvalue weighted by Crippen LogP contribution is -2.04. The van der Waals surface area contributed by atoms with Crippen molar-refractivity contribution in [3.8, 4) is 5.75 Å². The molecule has 3 nitrogen and oxygen atoms in total. The molecule has 0 aliphatic carbocycles. The Bertz CT molecular complexity index is 641. The molecule has 0 N–H and O–H groups in total. The number of methoxy groups -OCH3 is 1. The van der Waals surface area contributed by atoms with Crippen molar-refractivity contribution in [1.82, 2.24) is 4.98 Å². The summed E-state index contributed by atoms with van der Waals surface area (Å²) in [5.41, 5.74) is 2.57. The van der Waals surface area contributed by atoms with Crippen molar-refractivity contribution in [3.05, 3.63) is 53.1 Å². The van der Waals surface area contributed by atoms with Gasteiger partial charge in [0.15, 0.2) is 0 Å². The molecule has 0 bridgehead atoms. The lowest BCUT2D eigenvalue weighted by Gasteiger charge is -2.12. The van der Waals surface area contributed by atoms with Gasteiger partial charge in [-0.15, -0.1) is 0 Å². The summed E-state index contributed by atoms with van der Waals surface area (Å²) in [6.07, 6.45) is 1.71. The topological polar surface area (TPSA) is 39.2 Å². The monoisotopic (exact) mass is 293 g/mol. The highest BCUT2D eigenvalue weighted by Gasteiger charge is 2.13. The van der Waals surface area contributed by atoms with Gasteiger partial charge in [0, 0.05) is 22.2 Å². The van der Waals surface area contributed by atoms with Gasteiger partial charge in [-0.3, -0.25) is 9.19 Å². The van der Waals surface area contributed by atoms with Gasteiger partial charge >= 0.3 is 0 Å². The molecule has 1 aromatic carbocycles. The van der Waals surface area contributed by atoms with E-state index in [1.54, 1.807) is 13.3 Å². The molecule has 5 heteroatoms. The number of hydrogen-bond donors (Lipinski definition) is 0. The van der Waals surface area contributed by atoms with E-state index in [-0.39, 0.29) is 11.6 Å². The maximum absolute atomic E-state index is 12.9. The predicted octanol–water partition coefficient (Wildman–Crippen LogP) is 3.15. The van der Waals surface area contributed by atoms with E-state index in [0.29, 0.717) is 4.90 Å². The molecule has 0 radical (unpaired) electrons. The van der Waals surface area contributed by atoms with Crippen LogP contribution in [-0.2, 0) is 16.6 Å². The minimum atomic E-state index is -1.25. The average molecular weight is 293 g/mol. The second kappa shape index (κ2) is 6.13. The van der Waals surface area contributed by atoms with Crippen LogP contribution in [0.1, 0.15) is 16.8 Å². The molecule has 0 spiro atoms. The summed E-state index contributed by atoms with van der Waals surface area (Å²) in [7, 11) is 0.353. The highest BCUT2D eigenvalue weighted by atomic mass is 32.2. The standard InChI is InChI=1S/C15H16FNO2S/c1-10-8-17-14(11(2)15(10)19-3)9-20(18)13-6-4-12(16)5-7-13/h4-8H,9H2,1-3H3. The van der Waals surface area contributed by atoms with E-state index >= 15 is 0 Å². The van der Waals surface area contributed by atoms with E-state index in [4.69, 9.17) is 4.74 Å². The van der Waals surface area contributed by atoms with Crippen LogP contribution in [0.25, 0.3) is 0 Å². The Morgan fingerprint density at radius 1 is 1.25 bits per heavy atom. The SMILES string of the molecule is COc1c(C)cnc(CS(=O)c2ccc(F)cc2)c1C. The molecule has 2 rings (SSSR count). The number of nitrogens with zero attached hydrogens (tertiary/aromatic N) is 1. The first-order chi connectivity index (χ1) is 9.52. The molecule has 0 aliphatic rings. The van der Waals surface area contributed by atoms with Crippen molar-refractivity contribution in [1.29, 1.82) is 0 Å². The Hall–Kier alpha value is -1.75. The van der Waals surface area contributed by atoms with E-state index < -0.39 is 10.8 Å². The fourth-order valence-corrected chi connectivity index (χ4v) is 3.16. The van der Waals surface area contributed by atoms with E-state index in [1.807, 2.05) is 13.8 Å². The number of pyridine rings is 1. The first-order valence-corrected chi connectivity index (χ1v) is 7.48. The van der Waals surface area contributed by atoms with Crippen LogP contribution in [0.5, 0.6) is 5.75 Å². The molecule has 20 heavy (non-hydrogen) atoms. The van der Waals surface area contributed by atoms with Gasteiger partial charge in [-0.25, -0.2) is 4.39 Å². The minimum absolute atomic E-state index is 0.286. The number of ether oxygens (including phenoxy) is 1. The van der Waals surface area contributed by atoms with E-state index in [2.05, 4.69) is 4.98 Å². The quantitative estimate of drug-likeness (QED) is 0.869. The average Bonchev–Trinajstić information content (AvgIpc) is 2.43. The Kier molecular flexibility index (Phi) is 4.49. The zero-order chi connectivity index (χ0) is 14.7. The van der Waals surface area contributed by atoms with Gasteiger partial charge in [-0.1, -0.05) is 0 Å². The largest absolute Gasteiger partial charge is 0.496 e. The molecule has 2 aromatic rings. The van der Waals surface area contributed by atoms with Crippen LogP contribution >= 0.6 is 0 Å². The minimum Gasteiger partial charge on any atom is -0.496 e. The molecule has 0 saturated carbocycles. The van der Waals surface area contributed by atoms with Gasteiger partial charge in [0.05, 0.1) is 29.4 Å². The molecular formula is C15H16FNO2S. The summed E-state index contributed by atoms with van der Waals surface area (Å²) < 4.78 is 30.5. The fraction of sp³-hybridized carbons (Fsp3) is 0.267. The number of benzene rings is 1. The summed E-state index contributed by atoms with van der Waals surface area (Å²) in [5.74, 6) is 0.719. The second-order valence-corrected chi connectivity index (χ2v) is 5.94. The highest BCUT2D eigenvalue weighted by Crippen LogP contribution is 2.25. The Morgan fingerprint density at radius 2 is 1.90 bits per heavy atom. The van der Waals surface area contributed by atoms with Crippen molar-refractivity contribution in [2.75, 3.05) is 7.11 Å². The van der Waals surface area contributed by atoms with E-state index in [1.165, 1.54) is 24.3 Å². The van der Waals surface area contributed by atoms with Crippen LogP contribution in [0.4, 0.5) is 4.39 Å². The number of hydrogen-bond acceptors (Lipinski definition) is 3. The van der Waals surface area contributed by atoms with Crippen LogP contribution in [0.3, 0.4) is 0 Å². The summed E-state index contributed by atoms with van der Waals surface area (Å²) in [5, 5.41) is 0. The molecule has 1 atom stereocenters. The molecule has 0 amide bonds. The van der Waals surface area contributed by atoms with E-state index in [0.717, 1.165) is 22.6 Å². The molecule has 106 valence electrons. The third kappa shape index (κ3) is 3.04. The van der Waals surface area contributed by atoms with Crippen molar-refractivity contribution in [2.24, 2.45) is 0 Å².